The molecule has 8 heteroatoms. The van der Waals surface area contributed by atoms with Crippen molar-refractivity contribution >= 4 is 62.2 Å². The molecule has 3 aromatic rings. The molecule has 1 amide bonds. The Morgan fingerprint density at radius 3 is 2.53 bits per heavy atom. The maximum absolute atomic E-state index is 12.1. The van der Waals surface area contributed by atoms with Crippen LogP contribution in [0.5, 0.6) is 11.5 Å². The molecule has 0 atom stereocenters. The Bertz CT molecular complexity index is 1060. The molecule has 0 radical (unpaired) electrons. The highest BCUT2D eigenvalue weighted by atomic mass is 127. The molecule has 3 rings (SSSR count). The highest BCUT2D eigenvalue weighted by Crippen LogP contribution is 2.34. The largest absolute Gasteiger partial charge is 0.493 e. The quantitative estimate of drug-likeness (QED) is 0.204. The third kappa shape index (κ3) is 6.20. The normalized spacial score (nSPS) is 10.8. The van der Waals surface area contributed by atoms with Crippen LogP contribution in [0.1, 0.15) is 21.5 Å². The van der Waals surface area contributed by atoms with E-state index in [0.717, 1.165) is 19.2 Å². The second-order valence-electron chi connectivity index (χ2n) is 6.16. The molecule has 0 unspecified atom stereocenters. The minimum absolute atomic E-state index is 0.289. The van der Waals surface area contributed by atoms with Crippen molar-refractivity contribution in [3.63, 3.8) is 0 Å². The predicted molar refractivity (Wildman–Crippen MR) is 131 cm³/mol. The van der Waals surface area contributed by atoms with Crippen molar-refractivity contribution in [2.24, 2.45) is 5.10 Å². The fourth-order valence-electron chi connectivity index (χ4n) is 2.52. The summed E-state index contributed by atoms with van der Waals surface area (Å²) in [7, 11) is 1.58. The number of hydrogen-bond donors (Lipinski definition) is 1. The van der Waals surface area contributed by atoms with E-state index in [9.17, 15) is 4.79 Å². The smallest absolute Gasteiger partial charge is 0.271 e. The Balaban J connectivity index is 1.68. The van der Waals surface area contributed by atoms with Crippen molar-refractivity contribution in [2.75, 3.05) is 7.11 Å². The average molecular weight is 600 g/mol. The zero-order valence-electron chi connectivity index (χ0n) is 15.9. The van der Waals surface area contributed by atoms with Gasteiger partial charge in [0.1, 0.15) is 6.61 Å². The van der Waals surface area contributed by atoms with Gasteiger partial charge in [-0.15, -0.1) is 0 Å². The molecule has 0 fully saturated rings. The van der Waals surface area contributed by atoms with Crippen LogP contribution < -0.4 is 14.9 Å². The molecular formula is C22H17BrClIN2O3. The first kappa shape index (κ1) is 22.6. The van der Waals surface area contributed by atoms with Crippen LogP contribution >= 0.6 is 50.1 Å². The number of ether oxygens (including phenoxy) is 2. The Kier molecular flexibility index (Phi) is 8.12. The van der Waals surface area contributed by atoms with Crippen molar-refractivity contribution in [1.29, 1.82) is 0 Å². The molecule has 0 spiro atoms. The van der Waals surface area contributed by atoms with Gasteiger partial charge < -0.3 is 9.47 Å². The summed E-state index contributed by atoms with van der Waals surface area (Å²) in [6, 6.07) is 18.2. The number of hydrogen-bond acceptors (Lipinski definition) is 4. The van der Waals surface area contributed by atoms with E-state index >= 15 is 0 Å². The maximum Gasteiger partial charge on any atom is 0.271 e. The van der Waals surface area contributed by atoms with Crippen LogP contribution in [0.3, 0.4) is 0 Å². The lowest BCUT2D eigenvalue weighted by Crippen LogP contribution is -2.17. The number of methoxy groups -OCH3 is 1. The zero-order valence-corrected chi connectivity index (χ0v) is 20.4. The fourth-order valence-corrected chi connectivity index (χ4v) is 3.69. The van der Waals surface area contributed by atoms with E-state index in [1.807, 2.05) is 30.3 Å². The maximum atomic E-state index is 12.1. The summed E-state index contributed by atoms with van der Waals surface area (Å²) < 4.78 is 13.2. The van der Waals surface area contributed by atoms with E-state index in [1.165, 1.54) is 0 Å². The molecule has 0 heterocycles. The second-order valence-corrected chi connectivity index (χ2v) is 8.67. The van der Waals surface area contributed by atoms with E-state index in [4.69, 9.17) is 21.1 Å². The minimum Gasteiger partial charge on any atom is -0.493 e. The summed E-state index contributed by atoms with van der Waals surface area (Å²) in [6.07, 6.45) is 1.56. The van der Waals surface area contributed by atoms with Crippen LogP contribution in [0.4, 0.5) is 0 Å². The van der Waals surface area contributed by atoms with Gasteiger partial charge in [0.05, 0.1) is 16.9 Å². The highest BCUT2D eigenvalue weighted by Gasteiger charge is 2.12. The number of carbonyl (C=O) groups is 1. The molecule has 5 nitrogen and oxygen atoms in total. The zero-order chi connectivity index (χ0) is 21.5. The summed E-state index contributed by atoms with van der Waals surface area (Å²) in [5.74, 6) is 0.934. The molecule has 0 saturated carbocycles. The Labute approximate surface area is 201 Å². The number of nitrogens with one attached hydrogen (secondary N) is 1. The molecule has 0 bridgehead atoms. The van der Waals surface area contributed by atoms with Gasteiger partial charge in [-0.1, -0.05) is 39.7 Å². The van der Waals surface area contributed by atoms with Crippen molar-refractivity contribution < 1.29 is 14.3 Å². The lowest BCUT2D eigenvalue weighted by Gasteiger charge is -2.13. The first-order valence-electron chi connectivity index (χ1n) is 8.80. The van der Waals surface area contributed by atoms with E-state index in [2.05, 4.69) is 49.0 Å². The molecule has 0 saturated heterocycles. The lowest BCUT2D eigenvalue weighted by atomic mass is 10.2. The van der Waals surface area contributed by atoms with E-state index in [-0.39, 0.29) is 5.91 Å². The molecule has 0 aliphatic heterocycles. The minimum atomic E-state index is -0.289. The van der Waals surface area contributed by atoms with Crippen LogP contribution in [-0.2, 0) is 6.61 Å². The SMILES string of the molecule is COc1cc(/C=N\NC(=O)c2ccc(Br)cc2)cc(I)c1OCc1ccc(Cl)cc1. The molecule has 1 N–H and O–H groups in total. The van der Waals surface area contributed by atoms with E-state index < -0.39 is 0 Å². The molecule has 3 aromatic carbocycles. The monoisotopic (exact) mass is 598 g/mol. The Morgan fingerprint density at radius 1 is 1.17 bits per heavy atom. The molecule has 154 valence electrons. The van der Waals surface area contributed by atoms with E-state index in [1.54, 1.807) is 43.7 Å². The van der Waals surface area contributed by atoms with Gasteiger partial charge in [-0.25, -0.2) is 5.43 Å². The molecule has 0 aromatic heterocycles. The summed E-state index contributed by atoms with van der Waals surface area (Å²) in [4.78, 5) is 12.1. The van der Waals surface area contributed by atoms with Gasteiger partial charge >= 0.3 is 0 Å². The first-order valence-corrected chi connectivity index (χ1v) is 11.0. The van der Waals surface area contributed by atoms with Crippen LogP contribution in [0.2, 0.25) is 5.02 Å². The third-order valence-corrected chi connectivity index (χ3v) is 5.62. The summed E-state index contributed by atoms with van der Waals surface area (Å²) in [5, 5.41) is 4.72. The van der Waals surface area contributed by atoms with Crippen molar-refractivity contribution in [1.82, 2.24) is 5.43 Å². The van der Waals surface area contributed by atoms with Crippen molar-refractivity contribution in [3.8, 4) is 11.5 Å². The number of nitrogens with zero attached hydrogens (tertiary/aromatic N) is 1. The summed E-state index contributed by atoms with van der Waals surface area (Å²) in [5.41, 5.74) is 4.81. The van der Waals surface area contributed by atoms with E-state index in [0.29, 0.717) is 28.7 Å². The fraction of sp³-hybridized carbons (Fsp3) is 0.0909. The Hall–Kier alpha value is -2.10. The summed E-state index contributed by atoms with van der Waals surface area (Å²) >= 11 is 11.4. The number of rotatable bonds is 7. The predicted octanol–water partition coefficient (Wildman–Crippen LogP) is 6.06. The van der Waals surface area contributed by atoms with Crippen molar-refractivity contribution in [3.05, 3.63) is 90.4 Å². The summed E-state index contributed by atoms with van der Waals surface area (Å²) in [6.45, 7) is 0.389. The van der Waals surface area contributed by atoms with Crippen LogP contribution in [0, 0.1) is 3.57 Å². The molecule has 0 aliphatic rings. The highest BCUT2D eigenvalue weighted by molar-refractivity contribution is 14.1. The van der Waals surface area contributed by atoms with Crippen LogP contribution in [-0.4, -0.2) is 19.2 Å². The van der Waals surface area contributed by atoms with Gasteiger partial charge in [-0.2, -0.15) is 5.10 Å². The van der Waals surface area contributed by atoms with Gasteiger partial charge in [0.2, 0.25) is 0 Å². The van der Waals surface area contributed by atoms with Crippen LogP contribution in [0.15, 0.2) is 70.2 Å². The van der Waals surface area contributed by atoms with Gasteiger partial charge in [-0.05, 0) is 82.2 Å². The number of benzene rings is 3. The first-order chi connectivity index (χ1) is 14.5. The second kappa shape index (κ2) is 10.8. The van der Waals surface area contributed by atoms with Gasteiger partial charge in [0.15, 0.2) is 11.5 Å². The third-order valence-electron chi connectivity index (χ3n) is 4.03. The van der Waals surface area contributed by atoms with Crippen molar-refractivity contribution in [2.45, 2.75) is 6.61 Å². The van der Waals surface area contributed by atoms with Gasteiger partial charge in [0, 0.05) is 15.1 Å². The standard InChI is InChI=1S/C22H17BrClIN2O3/c1-29-20-11-15(12-26-27-22(28)16-4-6-17(23)7-5-16)10-19(25)21(20)30-13-14-2-8-18(24)9-3-14/h2-12H,13H2,1H3,(H,27,28)/b26-12-. The molecule has 0 aliphatic carbocycles. The number of carbonyl (C=O) groups excluding carboxylic acids is 1. The topological polar surface area (TPSA) is 59.9 Å². The number of hydrazone groups is 1. The number of halogens is 3. The average Bonchev–Trinajstić information content (AvgIpc) is 2.74. The number of amides is 1. The van der Waals surface area contributed by atoms with Gasteiger partial charge in [0.25, 0.3) is 5.91 Å². The lowest BCUT2D eigenvalue weighted by molar-refractivity contribution is 0.0955. The molecule has 30 heavy (non-hydrogen) atoms. The van der Waals surface area contributed by atoms with Gasteiger partial charge in [-0.3, -0.25) is 4.79 Å². The Morgan fingerprint density at radius 2 is 1.87 bits per heavy atom. The molecular weight excluding hydrogens is 583 g/mol. The van der Waals surface area contributed by atoms with Crippen LogP contribution in [0.25, 0.3) is 0 Å².